The Bertz CT molecular complexity index is 70.9. The highest BCUT2D eigenvalue weighted by atomic mass is 16.5. The average molecular weight is 111 g/mol. The summed E-state index contributed by atoms with van der Waals surface area (Å²) >= 11 is 0. The van der Waals surface area contributed by atoms with Crippen molar-refractivity contribution in [1.29, 1.82) is 0 Å². The Labute approximate surface area is 51.0 Å². The molecule has 1 heteroatoms. The zero-order valence-corrected chi connectivity index (χ0v) is 5.18. The van der Waals surface area contributed by atoms with E-state index in [2.05, 4.69) is 12.8 Å². The van der Waals surface area contributed by atoms with E-state index in [9.17, 15) is 0 Å². The summed E-state index contributed by atoms with van der Waals surface area (Å²) in [6.45, 7) is 4.49. The summed E-state index contributed by atoms with van der Waals surface area (Å²) in [5.41, 5.74) is 0. The van der Waals surface area contributed by atoms with Gasteiger partial charge in [-0.05, 0) is 6.42 Å². The molecular weight excluding hydrogens is 100 g/mol. The first-order valence-electron chi connectivity index (χ1n) is 2.78. The Morgan fingerprint density at radius 1 is 1.75 bits per heavy atom. The van der Waals surface area contributed by atoms with Gasteiger partial charge in [0, 0.05) is 13.0 Å². The molecule has 0 bridgehead atoms. The molecule has 0 atom stereocenters. The first kappa shape index (κ1) is 7.52. The summed E-state index contributed by atoms with van der Waals surface area (Å²) in [6.07, 6.45) is 6.60. The van der Waals surface area contributed by atoms with Gasteiger partial charge in [0.05, 0.1) is 6.61 Å². The van der Waals surface area contributed by atoms with Crippen molar-refractivity contribution in [1.82, 2.24) is 0 Å². The molecule has 0 saturated carbocycles. The minimum absolute atomic E-state index is 0.611. The fraction of sp³-hybridized carbons (Fsp3) is 0.571. The lowest BCUT2D eigenvalue weighted by Gasteiger charge is -1.94. The van der Waals surface area contributed by atoms with Gasteiger partial charge in [0.2, 0.25) is 0 Å². The number of rotatable bonds is 4. The van der Waals surface area contributed by atoms with Crippen molar-refractivity contribution in [3.05, 3.63) is 6.61 Å². The maximum absolute atomic E-state index is 4.96. The quantitative estimate of drug-likeness (QED) is 0.395. The second-order valence-corrected chi connectivity index (χ2v) is 1.45. The highest BCUT2D eigenvalue weighted by Gasteiger charge is 1.81. The Morgan fingerprint density at radius 3 is 3.00 bits per heavy atom. The van der Waals surface area contributed by atoms with Crippen LogP contribution in [0.15, 0.2) is 0 Å². The van der Waals surface area contributed by atoms with Crippen LogP contribution in [0.5, 0.6) is 0 Å². The van der Waals surface area contributed by atoms with E-state index in [1.54, 1.807) is 6.61 Å². The van der Waals surface area contributed by atoms with Crippen LogP contribution in [0.2, 0.25) is 0 Å². The summed E-state index contributed by atoms with van der Waals surface area (Å²) < 4.78 is 4.96. The summed E-state index contributed by atoms with van der Waals surface area (Å²) in [5, 5.41) is 0. The second-order valence-electron chi connectivity index (χ2n) is 1.45. The SMILES string of the molecule is C#CC[CH]OCCC. The predicted octanol–water partition coefficient (Wildman–Crippen LogP) is 1.60. The lowest BCUT2D eigenvalue weighted by molar-refractivity contribution is 0.199. The first-order chi connectivity index (χ1) is 3.91. The largest absolute Gasteiger partial charge is 0.374 e. The summed E-state index contributed by atoms with van der Waals surface area (Å²) in [6, 6.07) is 0. The topological polar surface area (TPSA) is 9.23 Å². The zero-order valence-electron chi connectivity index (χ0n) is 5.18. The third-order valence-electron chi connectivity index (χ3n) is 0.641. The number of hydrogen-bond donors (Lipinski definition) is 0. The molecule has 45 valence electrons. The molecule has 0 heterocycles. The van der Waals surface area contributed by atoms with E-state index in [-0.39, 0.29) is 0 Å². The van der Waals surface area contributed by atoms with Gasteiger partial charge >= 0.3 is 0 Å². The van der Waals surface area contributed by atoms with Crippen LogP contribution in [0.3, 0.4) is 0 Å². The number of hydrogen-bond acceptors (Lipinski definition) is 1. The van der Waals surface area contributed by atoms with Gasteiger partial charge < -0.3 is 4.74 Å². The molecule has 0 amide bonds. The molecule has 0 aliphatic heterocycles. The van der Waals surface area contributed by atoms with Crippen LogP contribution in [0.1, 0.15) is 19.8 Å². The minimum atomic E-state index is 0.611. The maximum Gasteiger partial charge on any atom is 0.0954 e. The standard InChI is InChI=1S/C7H11O/c1-3-5-7-8-6-4-2/h1,7H,4-6H2,2H3. The summed E-state index contributed by atoms with van der Waals surface area (Å²) in [4.78, 5) is 0. The van der Waals surface area contributed by atoms with Crippen LogP contribution in [0.25, 0.3) is 0 Å². The number of terminal acetylenes is 1. The Kier molecular flexibility index (Phi) is 6.13. The molecule has 0 N–H and O–H groups in total. The molecule has 0 fully saturated rings. The molecule has 0 aliphatic rings. The van der Waals surface area contributed by atoms with Crippen LogP contribution < -0.4 is 0 Å². The van der Waals surface area contributed by atoms with E-state index in [1.165, 1.54) is 0 Å². The average Bonchev–Trinajstić information content (AvgIpc) is 1.81. The van der Waals surface area contributed by atoms with E-state index in [4.69, 9.17) is 11.2 Å². The van der Waals surface area contributed by atoms with Gasteiger partial charge in [-0.15, -0.1) is 12.3 Å². The summed E-state index contributed by atoms with van der Waals surface area (Å²) in [7, 11) is 0. The Balaban J connectivity index is 2.65. The molecule has 0 saturated heterocycles. The molecule has 0 rings (SSSR count). The molecule has 0 aromatic rings. The molecule has 0 aromatic heterocycles. The van der Waals surface area contributed by atoms with Crippen molar-refractivity contribution in [3.63, 3.8) is 0 Å². The third kappa shape index (κ3) is 5.52. The van der Waals surface area contributed by atoms with Crippen molar-refractivity contribution in [2.75, 3.05) is 6.61 Å². The lowest BCUT2D eigenvalue weighted by Crippen LogP contribution is -1.87. The van der Waals surface area contributed by atoms with E-state index in [0.29, 0.717) is 6.42 Å². The molecule has 0 aliphatic carbocycles. The van der Waals surface area contributed by atoms with Crippen molar-refractivity contribution in [2.24, 2.45) is 0 Å². The summed E-state index contributed by atoms with van der Waals surface area (Å²) in [5.74, 6) is 2.45. The van der Waals surface area contributed by atoms with Crippen LogP contribution >= 0.6 is 0 Å². The smallest absolute Gasteiger partial charge is 0.0954 e. The van der Waals surface area contributed by atoms with Crippen LogP contribution in [-0.2, 0) is 4.74 Å². The molecule has 0 unspecified atom stereocenters. The van der Waals surface area contributed by atoms with Gasteiger partial charge in [-0.1, -0.05) is 6.92 Å². The second kappa shape index (κ2) is 6.52. The van der Waals surface area contributed by atoms with Gasteiger partial charge in [0.25, 0.3) is 0 Å². The molecule has 0 spiro atoms. The van der Waals surface area contributed by atoms with Gasteiger partial charge in [-0.2, -0.15) is 0 Å². The third-order valence-corrected chi connectivity index (χ3v) is 0.641. The van der Waals surface area contributed by atoms with Crippen molar-refractivity contribution >= 4 is 0 Å². The fourth-order valence-electron chi connectivity index (χ4n) is 0.308. The normalized spacial score (nSPS) is 8.50. The molecule has 0 aromatic carbocycles. The monoisotopic (exact) mass is 111 g/mol. The van der Waals surface area contributed by atoms with Gasteiger partial charge in [0.15, 0.2) is 0 Å². The fourth-order valence-corrected chi connectivity index (χ4v) is 0.308. The van der Waals surface area contributed by atoms with Crippen LogP contribution in [-0.4, -0.2) is 6.61 Å². The van der Waals surface area contributed by atoms with Crippen molar-refractivity contribution in [2.45, 2.75) is 19.8 Å². The Morgan fingerprint density at radius 2 is 2.50 bits per heavy atom. The zero-order chi connectivity index (χ0) is 6.24. The maximum atomic E-state index is 4.96. The van der Waals surface area contributed by atoms with Crippen LogP contribution in [0, 0.1) is 19.0 Å². The lowest BCUT2D eigenvalue weighted by atomic mass is 10.5. The predicted molar refractivity (Wildman–Crippen MR) is 34.0 cm³/mol. The first-order valence-corrected chi connectivity index (χ1v) is 2.78. The Hall–Kier alpha value is -0.480. The van der Waals surface area contributed by atoms with Crippen molar-refractivity contribution in [3.8, 4) is 12.3 Å². The van der Waals surface area contributed by atoms with Crippen LogP contribution in [0.4, 0.5) is 0 Å². The molecule has 1 radical (unpaired) electrons. The number of ether oxygens (including phenoxy) is 1. The van der Waals surface area contributed by atoms with E-state index >= 15 is 0 Å². The van der Waals surface area contributed by atoms with Gasteiger partial charge in [0.1, 0.15) is 0 Å². The highest BCUT2D eigenvalue weighted by Crippen LogP contribution is 1.87. The van der Waals surface area contributed by atoms with Gasteiger partial charge in [-0.25, -0.2) is 0 Å². The van der Waals surface area contributed by atoms with E-state index in [0.717, 1.165) is 13.0 Å². The highest BCUT2D eigenvalue weighted by molar-refractivity contribution is 4.86. The van der Waals surface area contributed by atoms with E-state index in [1.807, 2.05) is 0 Å². The molecular formula is C7H11O. The van der Waals surface area contributed by atoms with Crippen molar-refractivity contribution < 1.29 is 4.74 Å². The molecule has 1 nitrogen and oxygen atoms in total. The van der Waals surface area contributed by atoms with E-state index < -0.39 is 0 Å². The molecule has 8 heavy (non-hydrogen) atoms. The minimum Gasteiger partial charge on any atom is -0.374 e. The van der Waals surface area contributed by atoms with Gasteiger partial charge in [-0.3, -0.25) is 0 Å².